The maximum absolute atomic E-state index is 5.61. The zero-order valence-corrected chi connectivity index (χ0v) is 14.1. The maximum atomic E-state index is 5.61. The van der Waals surface area contributed by atoms with Crippen molar-refractivity contribution in [3.63, 3.8) is 0 Å². The minimum atomic E-state index is 0.529. The van der Waals surface area contributed by atoms with Gasteiger partial charge >= 0.3 is 0 Å². The Balaban J connectivity index is 1.82. The van der Waals surface area contributed by atoms with Crippen LogP contribution in [0.3, 0.4) is 0 Å². The molecule has 19 heavy (non-hydrogen) atoms. The van der Waals surface area contributed by atoms with Crippen LogP contribution in [0.4, 0.5) is 0 Å². The van der Waals surface area contributed by atoms with Crippen LogP contribution in [-0.2, 0) is 4.74 Å². The summed E-state index contributed by atoms with van der Waals surface area (Å²) in [4.78, 5) is 2.58. The summed E-state index contributed by atoms with van der Waals surface area (Å²) in [7, 11) is 2.31. The molecule has 0 aromatic carbocycles. The molecule has 3 heteroatoms. The molecule has 2 fully saturated rings. The van der Waals surface area contributed by atoms with Gasteiger partial charge in [-0.05, 0) is 44.1 Å². The lowest BCUT2D eigenvalue weighted by atomic mass is 9.82. The van der Waals surface area contributed by atoms with Crippen molar-refractivity contribution in [3.8, 4) is 0 Å². The third-order valence-corrected chi connectivity index (χ3v) is 6.07. The monoisotopic (exact) mass is 331 g/mol. The van der Waals surface area contributed by atoms with E-state index in [1.165, 1.54) is 69.8 Å². The van der Waals surface area contributed by atoms with Gasteiger partial charge < -0.3 is 9.64 Å². The molecule has 1 heterocycles. The van der Waals surface area contributed by atoms with Crippen LogP contribution in [0.5, 0.6) is 0 Å². The van der Waals surface area contributed by atoms with E-state index in [0.29, 0.717) is 5.41 Å². The fraction of sp³-hybridized carbons (Fsp3) is 1.00. The summed E-state index contributed by atoms with van der Waals surface area (Å²) in [5.74, 6) is 0.761. The Morgan fingerprint density at radius 3 is 2.47 bits per heavy atom. The van der Waals surface area contributed by atoms with E-state index in [1.807, 2.05) is 0 Å². The molecule has 112 valence electrons. The molecule has 0 N–H and O–H groups in total. The van der Waals surface area contributed by atoms with Crippen LogP contribution in [0.25, 0.3) is 0 Å². The van der Waals surface area contributed by atoms with Crippen LogP contribution in [0.15, 0.2) is 0 Å². The fourth-order valence-electron chi connectivity index (χ4n) is 3.84. The van der Waals surface area contributed by atoms with Gasteiger partial charge in [-0.2, -0.15) is 0 Å². The number of alkyl halides is 1. The summed E-state index contributed by atoms with van der Waals surface area (Å²) in [6.45, 7) is 4.43. The summed E-state index contributed by atoms with van der Waals surface area (Å²) in [5.41, 5.74) is 0.529. The lowest BCUT2D eigenvalue weighted by molar-refractivity contribution is 0.0357. The zero-order chi connectivity index (χ0) is 13.6. The highest BCUT2D eigenvalue weighted by Crippen LogP contribution is 2.37. The van der Waals surface area contributed by atoms with Crippen molar-refractivity contribution in [3.05, 3.63) is 0 Å². The SMILES string of the molecule is CN(CC1CCCOC1)CC1(CBr)CCCCCC1. The van der Waals surface area contributed by atoms with Crippen molar-refractivity contribution in [1.82, 2.24) is 4.90 Å². The van der Waals surface area contributed by atoms with Crippen molar-refractivity contribution in [1.29, 1.82) is 0 Å². The molecule has 1 aliphatic carbocycles. The van der Waals surface area contributed by atoms with E-state index in [4.69, 9.17) is 4.74 Å². The number of hydrogen-bond donors (Lipinski definition) is 0. The quantitative estimate of drug-likeness (QED) is 0.556. The molecule has 1 saturated heterocycles. The van der Waals surface area contributed by atoms with Gasteiger partial charge in [-0.15, -0.1) is 0 Å². The molecule has 1 aliphatic heterocycles. The van der Waals surface area contributed by atoms with Crippen molar-refractivity contribution in [2.24, 2.45) is 11.3 Å². The lowest BCUT2D eigenvalue weighted by Gasteiger charge is -2.37. The maximum Gasteiger partial charge on any atom is 0.0506 e. The largest absolute Gasteiger partial charge is 0.381 e. The Hall–Kier alpha value is 0.400. The van der Waals surface area contributed by atoms with Gasteiger partial charge in [0, 0.05) is 25.0 Å². The Labute approximate surface area is 127 Å². The smallest absolute Gasteiger partial charge is 0.0506 e. The third kappa shape index (κ3) is 5.02. The van der Waals surface area contributed by atoms with Gasteiger partial charge in [0.1, 0.15) is 0 Å². The minimum absolute atomic E-state index is 0.529. The van der Waals surface area contributed by atoms with Crippen LogP contribution < -0.4 is 0 Å². The topological polar surface area (TPSA) is 12.5 Å². The number of rotatable bonds is 5. The van der Waals surface area contributed by atoms with E-state index in [0.717, 1.165) is 19.1 Å². The second kappa shape index (κ2) is 7.99. The Kier molecular flexibility index (Phi) is 6.64. The average molecular weight is 332 g/mol. The molecule has 1 saturated carbocycles. The summed E-state index contributed by atoms with van der Waals surface area (Å²) >= 11 is 3.81. The van der Waals surface area contributed by atoms with Gasteiger partial charge in [-0.25, -0.2) is 0 Å². The molecule has 2 aliphatic rings. The molecule has 1 atom stereocenters. The van der Waals surface area contributed by atoms with Crippen LogP contribution in [-0.4, -0.2) is 43.6 Å². The predicted octanol–water partition coefficient (Wildman–Crippen LogP) is 4.08. The van der Waals surface area contributed by atoms with E-state index >= 15 is 0 Å². The summed E-state index contributed by atoms with van der Waals surface area (Å²) < 4.78 is 5.61. The molecule has 1 unspecified atom stereocenters. The van der Waals surface area contributed by atoms with Crippen molar-refractivity contribution < 1.29 is 4.74 Å². The average Bonchev–Trinajstić information content (AvgIpc) is 2.66. The standard InChI is InChI=1S/C16H30BrNO/c1-18(11-15-7-6-10-19-12-15)14-16(13-17)8-4-2-3-5-9-16/h15H,2-14H2,1H3. The highest BCUT2D eigenvalue weighted by Gasteiger charge is 2.31. The molecule has 0 aromatic heterocycles. The summed E-state index contributed by atoms with van der Waals surface area (Å²) in [6.07, 6.45) is 11.1. The number of ether oxygens (including phenoxy) is 1. The first-order valence-electron chi connectivity index (χ1n) is 8.06. The zero-order valence-electron chi connectivity index (χ0n) is 12.5. The highest BCUT2D eigenvalue weighted by atomic mass is 79.9. The first-order valence-corrected chi connectivity index (χ1v) is 9.18. The molecule has 0 bridgehead atoms. The third-order valence-electron chi connectivity index (χ3n) is 4.88. The van der Waals surface area contributed by atoms with Gasteiger partial charge in [0.15, 0.2) is 0 Å². The number of halogens is 1. The second-order valence-electron chi connectivity index (χ2n) is 6.83. The fourth-order valence-corrected chi connectivity index (χ4v) is 4.58. The van der Waals surface area contributed by atoms with E-state index in [1.54, 1.807) is 0 Å². The Bertz CT molecular complexity index is 245. The molecule has 0 spiro atoms. The van der Waals surface area contributed by atoms with Crippen molar-refractivity contribution >= 4 is 15.9 Å². The van der Waals surface area contributed by atoms with E-state index in [2.05, 4.69) is 27.9 Å². The predicted molar refractivity (Wildman–Crippen MR) is 85.0 cm³/mol. The Morgan fingerprint density at radius 1 is 1.16 bits per heavy atom. The van der Waals surface area contributed by atoms with Crippen LogP contribution >= 0.6 is 15.9 Å². The molecular formula is C16H30BrNO. The van der Waals surface area contributed by atoms with Gasteiger partial charge in [0.05, 0.1) is 6.61 Å². The molecule has 0 radical (unpaired) electrons. The lowest BCUT2D eigenvalue weighted by Crippen LogP contribution is -2.40. The first-order chi connectivity index (χ1) is 9.24. The van der Waals surface area contributed by atoms with Crippen LogP contribution in [0, 0.1) is 11.3 Å². The Morgan fingerprint density at radius 2 is 1.89 bits per heavy atom. The van der Waals surface area contributed by atoms with E-state index < -0.39 is 0 Å². The molecule has 0 aromatic rings. The summed E-state index contributed by atoms with van der Waals surface area (Å²) in [6, 6.07) is 0. The van der Waals surface area contributed by atoms with Gasteiger partial charge in [0.2, 0.25) is 0 Å². The second-order valence-corrected chi connectivity index (χ2v) is 7.39. The van der Waals surface area contributed by atoms with E-state index in [-0.39, 0.29) is 0 Å². The molecular weight excluding hydrogens is 302 g/mol. The number of hydrogen-bond acceptors (Lipinski definition) is 2. The molecule has 2 rings (SSSR count). The van der Waals surface area contributed by atoms with Crippen molar-refractivity contribution in [2.45, 2.75) is 51.4 Å². The molecule has 0 amide bonds. The number of nitrogens with zero attached hydrogens (tertiary/aromatic N) is 1. The van der Waals surface area contributed by atoms with Gasteiger partial charge in [0.25, 0.3) is 0 Å². The van der Waals surface area contributed by atoms with Crippen LogP contribution in [0.1, 0.15) is 51.4 Å². The minimum Gasteiger partial charge on any atom is -0.381 e. The molecule has 2 nitrogen and oxygen atoms in total. The van der Waals surface area contributed by atoms with Gasteiger partial charge in [-0.1, -0.05) is 41.6 Å². The normalized spacial score (nSPS) is 28.3. The van der Waals surface area contributed by atoms with E-state index in [9.17, 15) is 0 Å². The summed E-state index contributed by atoms with van der Waals surface area (Å²) in [5, 5.41) is 1.17. The van der Waals surface area contributed by atoms with Crippen molar-refractivity contribution in [2.75, 3.05) is 38.7 Å². The van der Waals surface area contributed by atoms with Gasteiger partial charge in [-0.3, -0.25) is 0 Å². The van der Waals surface area contributed by atoms with Crippen LogP contribution in [0.2, 0.25) is 0 Å². The highest BCUT2D eigenvalue weighted by molar-refractivity contribution is 9.09. The first kappa shape index (κ1) is 15.8.